The van der Waals surface area contributed by atoms with Gasteiger partial charge in [-0.25, -0.2) is 4.98 Å². The Hall–Kier alpha value is -1.36. The number of aryl methyl sites for hydroxylation is 1. The highest BCUT2D eigenvalue weighted by Gasteiger charge is 2.22. The van der Waals surface area contributed by atoms with E-state index < -0.39 is 0 Å². The van der Waals surface area contributed by atoms with Crippen molar-refractivity contribution in [3.05, 3.63) is 17.7 Å². The van der Waals surface area contributed by atoms with E-state index in [0.717, 1.165) is 37.3 Å². The van der Waals surface area contributed by atoms with Crippen LogP contribution in [0.25, 0.3) is 0 Å². The minimum absolute atomic E-state index is 0.135. The maximum absolute atomic E-state index is 12.0. The van der Waals surface area contributed by atoms with Gasteiger partial charge in [0.2, 0.25) is 5.91 Å². The van der Waals surface area contributed by atoms with Gasteiger partial charge in [0.1, 0.15) is 0 Å². The molecule has 0 saturated carbocycles. The molecular weight excluding hydrogens is 216 g/mol. The Morgan fingerprint density at radius 3 is 2.88 bits per heavy atom. The molecular formula is C12H20N4O. The molecule has 0 radical (unpaired) electrons. The van der Waals surface area contributed by atoms with Crippen molar-refractivity contribution in [2.75, 3.05) is 13.1 Å². The van der Waals surface area contributed by atoms with Crippen LogP contribution in [-0.4, -0.2) is 39.9 Å². The second-order valence-electron chi connectivity index (χ2n) is 4.61. The van der Waals surface area contributed by atoms with E-state index in [1.54, 1.807) is 6.33 Å². The zero-order valence-corrected chi connectivity index (χ0v) is 10.5. The van der Waals surface area contributed by atoms with Crippen LogP contribution in [0.2, 0.25) is 0 Å². The Morgan fingerprint density at radius 2 is 2.29 bits per heavy atom. The Morgan fingerprint density at radius 1 is 1.59 bits per heavy atom. The average Bonchev–Trinajstić information content (AvgIpc) is 2.96. The molecule has 17 heavy (non-hydrogen) atoms. The predicted molar refractivity (Wildman–Crippen MR) is 65.4 cm³/mol. The number of hydrogen-bond acceptors (Lipinski definition) is 3. The molecule has 1 aromatic heterocycles. The number of hydrogen-bond donors (Lipinski definition) is 2. The van der Waals surface area contributed by atoms with Gasteiger partial charge in [-0.05, 0) is 26.7 Å². The number of aromatic nitrogens is 2. The first-order valence-corrected chi connectivity index (χ1v) is 6.19. The van der Waals surface area contributed by atoms with Gasteiger partial charge in [-0.15, -0.1) is 0 Å². The Kier molecular flexibility index (Phi) is 3.78. The van der Waals surface area contributed by atoms with Crippen molar-refractivity contribution in [2.45, 2.75) is 39.3 Å². The van der Waals surface area contributed by atoms with Crippen LogP contribution in [0.5, 0.6) is 0 Å². The summed E-state index contributed by atoms with van der Waals surface area (Å²) >= 11 is 0. The predicted octanol–water partition coefficient (Wildman–Crippen LogP) is 0.819. The fraction of sp³-hybridized carbons (Fsp3) is 0.667. The van der Waals surface area contributed by atoms with Crippen LogP contribution in [0, 0.1) is 6.92 Å². The molecule has 0 aromatic carbocycles. The summed E-state index contributed by atoms with van der Waals surface area (Å²) in [5.41, 5.74) is 2.03. The van der Waals surface area contributed by atoms with E-state index >= 15 is 0 Å². The molecule has 1 unspecified atom stereocenters. The van der Waals surface area contributed by atoms with Crippen LogP contribution >= 0.6 is 0 Å². The molecule has 5 nitrogen and oxygen atoms in total. The quantitative estimate of drug-likeness (QED) is 0.813. The molecule has 2 heterocycles. The third kappa shape index (κ3) is 2.85. The summed E-state index contributed by atoms with van der Waals surface area (Å²) in [5, 5.41) is 3.23. The van der Waals surface area contributed by atoms with Crippen molar-refractivity contribution in [1.29, 1.82) is 0 Å². The molecule has 0 aliphatic carbocycles. The van der Waals surface area contributed by atoms with E-state index in [0.29, 0.717) is 6.54 Å². The largest absolute Gasteiger partial charge is 0.348 e. The van der Waals surface area contributed by atoms with Gasteiger partial charge in [0.25, 0.3) is 0 Å². The van der Waals surface area contributed by atoms with Crippen LogP contribution in [0.15, 0.2) is 6.33 Å². The van der Waals surface area contributed by atoms with Crippen molar-refractivity contribution in [3.63, 3.8) is 0 Å². The lowest BCUT2D eigenvalue weighted by Crippen LogP contribution is -2.43. The van der Waals surface area contributed by atoms with E-state index in [1.807, 2.05) is 18.7 Å². The Balaban J connectivity index is 1.82. The zero-order valence-electron chi connectivity index (χ0n) is 10.5. The summed E-state index contributed by atoms with van der Waals surface area (Å²) in [4.78, 5) is 21.2. The lowest BCUT2D eigenvalue weighted by Gasteiger charge is -2.20. The third-order valence-corrected chi connectivity index (χ3v) is 3.30. The molecule has 1 aromatic rings. The highest BCUT2D eigenvalue weighted by atomic mass is 16.2. The van der Waals surface area contributed by atoms with Crippen LogP contribution in [0.1, 0.15) is 31.2 Å². The van der Waals surface area contributed by atoms with Crippen molar-refractivity contribution < 1.29 is 4.79 Å². The number of nitrogens with zero attached hydrogens (tertiary/aromatic N) is 2. The summed E-state index contributed by atoms with van der Waals surface area (Å²) in [5.74, 6) is 0.204. The first-order chi connectivity index (χ1) is 8.18. The van der Waals surface area contributed by atoms with E-state index in [4.69, 9.17) is 0 Å². The number of nitrogens with one attached hydrogen (secondary N) is 2. The van der Waals surface area contributed by atoms with Crippen molar-refractivity contribution in [1.82, 2.24) is 20.2 Å². The monoisotopic (exact) mass is 236 g/mol. The number of imidazole rings is 1. The smallest absolute Gasteiger partial charge is 0.239 e. The molecule has 2 rings (SSSR count). The molecule has 1 aliphatic heterocycles. The van der Waals surface area contributed by atoms with Crippen molar-refractivity contribution >= 4 is 5.91 Å². The normalized spacial score (nSPS) is 17.4. The van der Waals surface area contributed by atoms with Gasteiger partial charge in [-0.3, -0.25) is 4.79 Å². The second kappa shape index (κ2) is 5.31. The first-order valence-electron chi connectivity index (χ1n) is 6.19. The lowest BCUT2D eigenvalue weighted by atomic mass is 10.2. The number of aromatic amines is 1. The minimum atomic E-state index is -0.135. The summed E-state index contributed by atoms with van der Waals surface area (Å²) in [6.07, 6.45) is 3.95. The summed E-state index contributed by atoms with van der Waals surface area (Å²) < 4.78 is 0. The van der Waals surface area contributed by atoms with Crippen LogP contribution in [0.3, 0.4) is 0 Å². The number of carbonyl (C=O) groups is 1. The van der Waals surface area contributed by atoms with Gasteiger partial charge in [0.15, 0.2) is 0 Å². The Labute approximate surface area is 102 Å². The minimum Gasteiger partial charge on any atom is -0.348 e. The Bertz CT molecular complexity index is 382. The molecule has 5 heteroatoms. The first kappa shape index (κ1) is 12.1. The zero-order chi connectivity index (χ0) is 12.3. The molecule has 1 atom stereocenters. The fourth-order valence-electron chi connectivity index (χ4n) is 2.11. The van der Waals surface area contributed by atoms with E-state index in [1.165, 1.54) is 0 Å². The molecule has 94 valence electrons. The van der Waals surface area contributed by atoms with E-state index in [9.17, 15) is 4.79 Å². The molecule has 1 fully saturated rings. The van der Waals surface area contributed by atoms with Gasteiger partial charge >= 0.3 is 0 Å². The average molecular weight is 236 g/mol. The van der Waals surface area contributed by atoms with Gasteiger partial charge in [0.05, 0.1) is 18.1 Å². The molecule has 2 N–H and O–H groups in total. The van der Waals surface area contributed by atoms with Crippen molar-refractivity contribution in [3.8, 4) is 0 Å². The van der Waals surface area contributed by atoms with E-state index in [2.05, 4.69) is 15.3 Å². The van der Waals surface area contributed by atoms with E-state index in [-0.39, 0.29) is 11.9 Å². The molecule has 0 spiro atoms. The van der Waals surface area contributed by atoms with Crippen LogP contribution in [0.4, 0.5) is 0 Å². The number of amides is 1. The van der Waals surface area contributed by atoms with Gasteiger partial charge < -0.3 is 15.2 Å². The van der Waals surface area contributed by atoms with Gasteiger partial charge in [0, 0.05) is 25.3 Å². The number of rotatable bonds is 4. The standard InChI is InChI=1S/C12H20N4O/c1-9-11(15-8-14-9)7-13-10(2)12(17)16-5-3-4-6-16/h8,10,13H,3-7H2,1-2H3,(H,14,15). The molecule has 1 aliphatic rings. The fourth-order valence-corrected chi connectivity index (χ4v) is 2.11. The summed E-state index contributed by atoms with van der Waals surface area (Å²) in [7, 11) is 0. The van der Waals surface area contributed by atoms with Crippen LogP contribution < -0.4 is 5.32 Å². The number of carbonyl (C=O) groups excluding carboxylic acids is 1. The van der Waals surface area contributed by atoms with Gasteiger partial charge in [-0.1, -0.05) is 0 Å². The summed E-state index contributed by atoms with van der Waals surface area (Å²) in [6, 6.07) is -0.135. The highest BCUT2D eigenvalue weighted by Crippen LogP contribution is 2.09. The SMILES string of the molecule is Cc1[nH]cnc1CNC(C)C(=O)N1CCCC1. The molecule has 1 amide bonds. The second-order valence-corrected chi connectivity index (χ2v) is 4.61. The highest BCUT2D eigenvalue weighted by molar-refractivity contribution is 5.81. The maximum Gasteiger partial charge on any atom is 0.239 e. The number of H-pyrrole nitrogens is 1. The molecule has 0 bridgehead atoms. The van der Waals surface area contributed by atoms with Crippen LogP contribution in [-0.2, 0) is 11.3 Å². The van der Waals surface area contributed by atoms with Gasteiger partial charge in [-0.2, -0.15) is 0 Å². The summed E-state index contributed by atoms with van der Waals surface area (Å²) in [6.45, 7) is 6.36. The maximum atomic E-state index is 12.0. The topological polar surface area (TPSA) is 61.0 Å². The number of likely N-dealkylation sites (tertiary alicyclic amines) is 1. The molecule has 1 saturated heterocycles. The van der Waals surface area contributed by atoms with Crippen molar-refractivity contribution in [2.24, 2.45) is 0 Å². The third-order valence-electron chi connectivity index (χ3n) is 3.30. The lowest BCUT2D eigenvalue weighted by molar-refractivity contribution is -0.131.